The summed E-state index contributed by atoms with van der Waals surface area (Å²) in [6.07, 6.45) is 1.97. The third-order valence-corrected chi connectivity index (χ3v) is 3.07. The third kappa shape index (κ3) is 1.76. The molecule has 6 nitrogen and oxygen atoms in total. The van der Waals surface area contributed by atoms with Crippen LogP contribution in [0.3, 0.4) is 0 Å². The first kappa shape index (κ1) is 11.7. The van der Waals surface area contributed by atoms with Crippen LogP contribution in [0.4, 0.5) is 11.6 Å². The molecule has 0 saturated carbocycles. The van der Waals surface area contributed by atoms with Gasteiger partial charge in [-0.15, -0.1) is 0 Å². The van der Waals surface area contributed by atoms with Crippen LogP contribution in [-0.2, 0) is 5.54 Å². The van der Waals surface area contributed by atoms with Crippen LogP contribution in [0.5, 0.6) is 0 Å². The van der Waals surface area contributed by atoms with Crippen LogP contribution in [0.1, 0.15) is 20.8 Å². The van der Waals surface area contributed by atoms with Gasteiger partial charge in [0.25, 0.3) is 5.56 Å². The predicted molar refractivity (Wildman–Crippen MR) is 75.9 cm³/mol. The summed E-state index contributed by atoms with van der Waals surface area (Å²) in [6.45, 7) is 6.26. The van der Waals surface area contributed by atoms with E-state index in [1.807, 2.05) is 10.8 Å². The first-order valence-corrected chi connectivity index (χ1v) is 6.04. The van der Waals surface area contributed by atoms with Crippen LogP contribution in [0.25, 0.3) is 10.8 Å². The minimum atomic E-state index is -0.304. The molecule has 0 fully saturated rings. The highest BCUT2D eigenvalue weighted by atomic mass is 16.1. The fraction of sp³-hybridized carbons (Fsp3) is 0.308. The van der Waals surface area contributed by atoms with Crippen molar-refractivity contribution >= 4 is 28.4 Å². The van der Waals surface area contributed by atoms with Crippen molar-refractivity contribution in [2.24, 2.45) is 10.7 Å². The van der Waals surface area contributed by atoms with Gasteiger partial charge in [0.2, 0.25) is 5.96 Å². The molecule has 3 heterocycles. The van der Waals surface area contributed by atoms with Crippen molar-refractivity contribution in [3.8, 4) is 0 Å². The van der Waals surface area contributed by atoms with Crippen LogP contribution in [0.2, 0.25) is 0 Å². The lowest BCUT2D eigenvalue weighted by Crippen LogP contribution is -2.27. The Morgan fingerprint density at radius 2 is 2.05 bits per heavy atom. The fourth-order valence-electron chi connectivity index (χ4n) is 2.22. The SMILES string of the molecule is CC(C)(C)n1cc2ccc(=O)nc3c2c1N=C(N)N3. The Hall–Kier alpha value is -2.37. The maximum Gasteiger partial charge on any atom is 0.271 e. The van der Waals surface area contributed by atoms with Crippen LogP contribution in [-0.4, -0.2) is 15.5 Å². The molecule has 0 bridgehead atoms. The minimum Gasteiger partial charge on any atom is -0.369 e. The molecule has 2 aromatic heterocycles. The average Bonchev–Trinajstić information content (AvgIpc) is 2.56. The second kappa shape index (κ2) is 3.57. The molecule has 0 radical (unpaired) electrons. The zero-order chi connectivity index (χ0) is 13.8. The van der Waals surface area contributed by atoms with Crippen LogP contribution < -0.4 is 16.6 Å². The van der Waals surface area contributed by atoms with Gasteiger partial charge in [-0.1, -0.05) is 0 Å². The third-order valence-electron chi connectivity index (χ3n) is 3.07. The topological polar surface area (TPSA) is 85.3 Å². The van der Waals surface area contributed by atoms with Gasteiger partial charge in [-0.05, 0) is 26.8 Å². The summed E-state index contributed by atoms with van der Waals surface area (Å²) in [5, 5.41) is 4.59. The van der Waals surface area contributed by atoms with E-state index in [1.54, 1.807) is 6.07 Å². The van der Waals surface area contributed by atoms with E-state index in [1.165, 1.54) is 6.07 Å². The number of anilines is 1. The van der Waals surface area contributed by atoms with E-state index in [4.69, 9.17) is 5.73 Å². The summed E-state index contributed by atoms with van der Waals surface area (Å²) in [7, 11) is 0. The summed E-state index contributed by atoms with van der Waals surface area (Å²) in [5.41, 5.74) is 5.33. The number of aliphatic imine (C=N–C) groups is 1. The van der Waals surface area contributed by atoms with Gasteiger partial charge < -0.3 is 15.6 Å². The maximum atomic E-state index is 11.5. The van der Waals surface area contributed by atoms with E-state index in [9.17, 15) is 4.79 Å². The maximum absolute atomic E-state index is 11.5. The van der Waals surface area contributed by atoms with E-state index < -0.39 is 0 Å². The van der Waals surface area contributed by atoms with Crippen LogP contribution in [0, 0.1) is 0 Å². The van der Waals surface area contributed by atoms with Gasteiger partial charge in [0, 0.05) is 23.2 Å². The molecule has 3 N–H and O–H groups in total. The summed E-state index contributed by atoms with van der Waals surface area (Å²) in [4.78, 5) is 19.9. The number of rotatable bonds is 0. The summed E-state index contributed by atoms with van der Waals surface area (Å²) in [6, 6.07) is 3.21. The zero-order valence-corrected chi connectivity index (χ0v) is 11.1. The molecule has 0 aromatic carbocycles. The molecule has 1 aliphatic heterocycles. The number of aromatic nitrogens is 2. The van der Waals surface area contributed by atoms with Crippen LogP contribution >= 0.6 is 0 Å². The zero-order valence-electron chi connectivity index (χ0n) is 11.1. The van der Waals surface area contributed by atoms with Crippen LogP contribution in [0.15, 0.2) is 28.1 Å². The van der Waals surface area contributed by atoms with Gasteiger partial charge in [0.15, 0.2) is 0 Å². The molecule has 2 aromatic rings. The quantitative estimate of drug-likeness (QED) is 0.749. The van der Waals surface area contributed by atoms with Gasteiger partial charge in [0.1, 0.15) is 11.6 Å². The molecule has 0 atom stereocenters. The Labute approximate surface area is 110 Å². The monoisotopic (exact) mass is 257 g/mol. The number of nitrogens with one attached hydrogen (secondary N) is 1. The Morgan fingerprint density at radius 3 is 2.74 bits per heavy atom. The second-order valence-electron chi connectivity index (χ2n) is 5.58. The smallest absolute Gasteiger partial charge is 0.271 e. The molecule has 1 aliphatic rings. The van der Waals surface area contributed by atoms with Crippen molar-refractivity contribution in [2.45, 2.75) is 26.3 Å². The van der Waals surface area contributed by atoms with Crippen molar-refractivity contribution in [3.05, 3.63) is 28.7 Å². The normalized spacial score (nSPS) is 14.2. The molecule has 98 valence electrons. The number of hydrogen-bond donors (Lipinski definition) is 2. The Balaban J connectivity index is 2.50. The lowest BCUT2D eigenvalue weighted by atomic mass is 10.1. The molecule has 0 aliphatic carbocycles. The fourth-order valence-corrected chi connectivity index (χ4v) is 2.22. The van der Waals surface area contributed by atoms with Gasteiger partial charge in [0.05, 0.1) is 5.39 Å². The van der Waals surface area contributed by atoms with E-state index in [2.05, 4.69) is 36.1 Å². The van der Waals surface area contributed by atoms with E-state index in [0.717, 1.165) is 16.6 Å². The highest BCUT2D eigenvalue weighted by Crippen LogP contribution is 2.37. The number of nitrogens with two attached hydrogens (primary N) is 1. The minimum absolute atomic E-state index is 0.133. The Morgan fingerprint density at radius 1 is 1.32 bits per heavy atom. The van der Waals surface area contributed by atoms with Crippen molar-refractivity contribution in [3.63, 3.8) is 0 Å². The lowest BCUT2D eigenvalue weighted by molar-refractivity contribution is 0.403. The molecule has 6 heteroatoms. The summed E-state index contributed by atoms with van der Waals surface area (Å²) >= 11 is 0. The Kier molecular flexibility index (Phi) is 2.20. The van der Waals surface area contributed by atoms with Gasteiger partial charge in [-0.25, -0.2) is 0 Å². The molecule has 0 saturated heterocycles. The molecular formula is C13H15N5O. The van der Waals surface area contributed by atoms with E-state index in [-0.39, 0.29) is 17.1 Å². The van der Waals surface area contributed by atoms with E-state index >= 15 is 0 Å². The predicted octanol–water partition coefficient (Wildman–Crippen LogP) is 1.52. The number of guanidine groups is 1. The first-order valence-electron chi connectivity index (χ1n) is 6.04. The number of hydrogen-bond acceptors (Lipinski definition) is 5. The number of nitrogens with zero attached hydrogens (tertiary/aromatic N) is 3. The molecule has 0 spiro atoms. The van der Waals surface area contributed by atoms with Gasteiger partial charge in [-0.2, -0.15) is 9.98 Å². The van der Waals surface area contributed by atoms with Gasteiger partial charge >= 0.3 is 0 Å². The molecule has 3 rings (SSSR count). The molecule has 19 heavy (non-hydrogen) atoms. The first-order chi connectivity index (χ1) is 8.86. The second-order valence-corrected chi connectivity index (χ2v) is 5.58. The van der Waals surface area contributed by atoms with Crippen molar-refractivity contribution < 1.29 is 0 Å². The van der Waals surface area contributed by atoms with Crippen molar-refractivity contribution in [1.82, 2.24) is 9.55 Å². The summed E-state index contributed by atoms with van der Waals surface area (Å²) < 4.78 is 2.04. The lowest BCUT2D eigenvalue weighted by Gasteiger charge is -2.24. The Bertz CT molecular complexity index is 767. The summed E-state index contributed by atoms with van der Waals surface area (Å²) in [5.74, 6) is 1.45. The highest BCUT2D eigenvalue weighted by Gasteiger charge is 2.24. The molecule has 0 amide bonds. The average molecular weight is 257 g/mol. The van der Waals surface area contributed by atoms with Crippen molar-refractivity contribution in [2.75, 3.05) is 5.32 Å². The largest absolute Gasteiger partial charge is 0.369 e. The standard InChI is InChI=1S/C13H15N5O/c1-13(2,3)18-6-7-4-5-8(19)15-10-9(7)11(18)17-12(14)16-10/h4-6H,1-3H3,(H3,14,15,16,17,19). The molecule has 0 unspecified atom stereocenters. The van der Waals surface area contributed by atoms with Crippen molar-refractivity contribution in [1.29, 1.82) is 0 Å². The molecular weight excluding hydrogens is 242 g/mol. The highest BCUT2D eigenvalue weighted by molar-refractivity contribution is 6.10. The van der Waals surface area contributed by atoms with Gasteiger partial charge in [-0.3, -0.25) is 4.79 Å². The van der Waals surface area contributed by atoms with E-state index in [0.29, 0.717) is 5.82 Å².